The minimum Gasteiger partial charge on any atom is -0.356 e. The summed E-state index contributed by atoms with van der Waals surface area (Å²) in [7, 11) is 0. The second kappa shape index (κ2) is 8.93. The van der Waals surface area contributed by atoms with Crippen LogP contribution in [0.1, 0.15) is 55.1 Å². The van der Waals surface area contributed by atoms with Gasteiger partial charge in [0, 0.05) is 19.6 Å². The predicted octanol–water partition coefficient (Wildman–Crippen LogP) is 3.30. The predicted molar refractivity (Wildman–Crippen MR) is 90.1 cm³/mol. The number of unbranched alkanes of at least 4 members (excludes halogenated alkanes) is 3. The number of rotatable bonds is 7. The van der Waals surface area contributed by atoms with Crippen molar-refractivity contribution in [2.75, 3.05) is 19.6 Å². The maximum atomic E-state index is 12.4. The van der Waals surface area contributed by atoms with Gasteiger partial charge in [0.1, 0.15) is 0 Å². The van der Waals surface area contributed by atoms with Gasteiger partial charge in [-0.3, -0.25) is 9.59 Å². The van der Waals surface area contributed by atoms with Crippen LogP contribution in [0.25, 0.3) is 0 Å². The molecule has 2 heterocycles. The first-order valence-corrected chi connectivity index (χ1v) is 9.20. The Morgan fingerprint density at radius 1 is 1.36 bits per heavy atom. The summed E-state index contributed by atoms with van der Waals surface area (Å²) in [5.41, 5.74) is 0. The van der Waals surface area contributed by atoms with E-state index in [1.165, 1.54) is 30.6 Å². The second-order valence-corrected chi connectivity index (χ2v) is 6.87. The normalized spacial score (nSPS) is 18.2. The average molecular weight is 322 g/mol. The van der Waals surface area contributed by atoms with Crippen molar-refractivity contribution in [2.45, 2.75) is 45.4 Å². The molecule has 2 amide bonds. The number of piperidine rings is 1. The minimum absolute atomic E-state index is 0.0520. The first kappa shape index (κ1) is 17.0. The van der Waals surface area contributed by atoms with Crippen molar-refractivity contribution < 1.29 is 9.59 Å². The molecule has 1 unspecified atom stereocenters. The fraction of sp³-hybridized carbons (Fsp3) is 0.647. The molecule has 0 aliphatic carbocycles. The van der Waals surface area contributed by atoms with E-state index in [2.05, 4.69) is 12.2 Å². The Labute approximate surface area is 136 Å². The summed E-state index contributed by atoms with van der Waals surface area (Å²) in [6.45, 7) is 4.25. The minimum atomic E-state index is -0.0520. The molecule has 0 spiro atoms. The third kappa shape index (κ3) is 4.83. The Morgan fingerprint density at radius 3 is 2.95 bits per heavy atom. The van der Waals surface area contributed by atoms with Crippen LogP contribution < -0.4 is 5.32 Å². The molecule has 1 fully saturated rings. The lowest BCUT2D eigenvalue weighted by molar-refractivity contribution is -0.126. The molecular weight excluding hydrogens is 296 g/mol. The second-order valence-electron chi connectivity index (χ2n) is 5.92. The maximum Gasteiger partial charge on any atom is 0.263 e. The lowest BCUT2D eigenvalue weighted by Crippen LogP contribution is -2.45. The Kier molecular flexibility index (Phi) is 6.90. The molecule has 5 heteroatoms. The number of carbonyl (C=O) groups is 2. The van der Waals surface area contributed by atoms with Crippen LogP contribution in [0.2, 0.25) is 0 Å². The van der Waals surface area contributed by atoms with Gasteiger partial charge in [0.05, 0.1) is 10.8 Å². The fourth-order valence-corrected chi connectivity index (χ4v) is 3.53. The summed E-state index contributed by atoms with van der Waals surface area (Å²) < 4.78 is 0. The zero-order valence-electron chi connectivity index (χ0n) is 13.3. The zero-order valence-corrected chi connectivity index (χ0v) is 14.2. The van der Waals surface area contributed by atoms with Crippen LogP contribution in [0.15, 0.2) is 17.5 Å². The van der Waals surface area contributed by atoms with Crippen molar-refractivity contribution in [2.24, 2.45) is 5.92 Å². The van der Waals surface area contributed by atoms with Gasteiger partial charge in [-0.1, -0.05) is 32.3 Å². The van der Waals surface area contributed by atoms with Gasteiger partial charge in [-0.25, -0.2) is 0 Å². The third-order valence-electron chi connectivity index (χ3n) is 4.14. The van der Waals surface area contributed by atoms with Gasteiger partial charge in [-0.05, 0) is 30.7 Å². The highest BCUT2D eigenvalue weighted by Crippen LogP contribution is 2.20. The van der Waals surface area contributed by atoms with Gasteiger partial charge in [0.2, 0.25) is 5.91 Å². The van der Waals surface area contributed by atoms with Gasteiger partial charge >= 0.3 is 0 Å². The summed E-state index contributed by atoms with van der Waals surface area (Å²) in [5.74, 6) is 0.125. The molecule has 1 N–H and O–H groups in total. The smallest absolute Gasteiger partial charge is 0.263 e. The molecule has 1 saturated heterocycles. The highest BCUT2D eigenvalue weighted by atomic mass is 32.1. The van der Waals surface area contributed by atoms with E-state index < -0.39 is 0 Å². The van der Waals surface area contributed by atoms with E-state index in [9.17, 15) is 9.59 Å². The van der Waals surface area contributed by atoms with Gasteiger partial charge in [-0.2, -0.15) is 0 Å². The summed E-state index contributed by atoms with van der Waals surface area (Å²) in [6, 6.07) is 3.74. The average Bonchev–Trinajstić information content (AvgIpc) is 3.08. The summed E-state index contributed by atoms with van der Waals surface area (Å²) in [6.07, 6.45) is 6.44. The van der Waals surface area contributed by atoms with E-state index in [1.54, 1.807) is 0 Å². The SMILES string of the molecule is CCCCCCNC(=O)C1CCCN(C(=O)c2cccs2)C1. The number of likely N-dealkylation sites (tertiary alicyclic amines) is 1. The molecule has 1 aromatic heterocycles. The third-order valence-corrected chi connectivity index (χ3v) is 5.00. The highest BCUT2D eigenvalue weighted by molar-refractivity contribution is 7.12. The lowest BCUT2D eigenvalue weighted by Gasteiger charge is -2.31. The van der Waals surface area contributed by atoms with Crippen molar-refractivity contribution in [1.29, 1.82) is 0 Å². The van der Waals surface area contributed by atoms with Crippen LogP contribution in [0.4, 0.5) is 0 Å². The number of thiophene rings is 1. The van der Waals surface area contributed by atoms with Gasteiger partial charge in [0.15, 0.2) is 0 Å². The van der Waals surface area contributed by atoms with Crippen molar-refractivity contribution >= 4 is 23.2 Å². The van der Waals surface area contributed by atoms with Crippen LogP contribution >= 0.6 is 11.3 Å². The zero-order chi connectivity index (χ0) is 15.8. The topological polar surface area (TPSA) is 49.4 Å². The number of nitrogens with one attached hydrogen (secondary N) is 1. The number of amides is 2. The Morgan fingerprint density at radius 2 is 2.23 bits per heavy atom. The van der Waals surface area contributed by atoms with Crippen molar-refractivity contribution in [3.05, 3.63) is 22.4 Å². The first-order chi connectivity index (χ1) is 10.7. The fourth-order valence-electron chi connectivity index (χ4n) is 2.84. The maximum absolute atomic E-state index is 12.4. The molecular formula is C17H26N2O2S. The molecule has 1 atom stereocenters. The van der Waals surface area contributed by atoms with Crippen molar-refractivity contribution in [1.82, 2.24) is 10.2 Å². The molecule has 0 radical (unpaired) electrons. The first-order valence-electron chi connectivity index (χ1n) is 8.33. The lowest BCUT2D eigenvalue weighted by atomic mass is 9.97. The molecule has 0 saturated carbocycles. The highest BCUT2D eigenvalue weighted by Gasteiger charge is 2.28. The quantitative estimate of drug-likeness (QED) is 0.783. The summed E-state index contributed by atoms with van der Waals surface area (Å²) in [5, 5.41) is 4.95. The van der Waals surface area contributed by atoms with E-state index in [-0.39, 0.29) is 17.7 Å². The molecule has 1 aliphatic rings. The van der Waals surface area contributed by atoms with Gasteiger partial charge in [0.25, 0.3) is 5.91 Å². The van der Waals surface area contributed by atoms with E-state index in [0.717, 1.165) is 37.2 Å². The van der Waals surface area contributed by atoms with Crippen LogP contribution in [0, 0.1) is 5.92 Å². The molecule has 122 valence electrons. The van der Waals surface area contributed by atoms with E-state index in [0.29, 0.717) is 6.54 Å². The molecule has 0 bridgehead atoms. The number of carbonyl (C=O) groups excluding carboxylic acids is 2. The Balaban J connectivity index is 1.77. The number of hydrogen-bond donors (Lipinski definition) is 1. The van der Waals surface area contributed by atoms with E-state index >= 15 is 0 Å². The summed E-state index contributed by atoms with van der Waals surface area (Å²) >= 11 is 1.46. The Bertz CT molecular complexity index is 473. The van der Waals surface area contributed by atoms with Crippen molar-refractivity contribution in [3.8, 4) is 0 Å². The van der Waals surface area contributed by atoms with Gasteiger partial charge < -0.3 is 10.2 Å². The molecule has 2 rings (SSSR count). The van der Waals surface area contributed by atoms with Crippen LogP contribution in [0.5, 0.6) is 0 Å². The molecule has 0 aromatic carbocycles. The molecule has 22 heavy (non-hydrogen) atoms. The van der Waals surface area contributed by atoms with Crippen LogP contribution in [-0.4, -0.2) is 36.3 Å². The van der Waals surface area contributed by atoms with E-state index in [4.69, 9.17) is 0 Å². The van der Waals surface area contributed by atoms with E-state index in [1.807, 2.05) is 22.4 Å². The monoisotopic (exact) mass is 322 g/mol. The van der Waals surface area contributed by atoms with Crippen LogP contribution in [0.3, 0.4) is 0 Å². The Hall–Kier alpha value is -1.36. The molecule has 1 aromatic rings. The standard InChI is InChI=1S/C17H26N2O2S/c1-2-3-4-5-10-18-16(20)14-8-6-11-19(13-14)17(21)15-9-7-12-22-15/h7,9,12,14H,2-6,8,10-11,13H2,1H3,(H,18,20). The largest absolute Gasteiger partial charge is 0.356 e. The number of hydrogen-bond acceptors (Lipinski definition) is 3. The molecule has 1 aliphatic heterocycles. The van der Waals surface area contributed by atoms with Gasteiger partial charge in [-0.15, -0.1) is 11.3 Å². The summed E-state index contributed by atoms with van der Waals surface area (Å²) in [4.78, 5) is 27.2. The molecule has 4 nitrogen and oxygen atoms in total. The van der Waals surface area contributed by atoms with Crippen molar-refractivity contribution in [3.63, 3.8) is 0 Å². The van der Waals surface area contributed by atoms with Crippen LogP contribution in [-0.2, 0) is 4.79 Å². The number of nitrogens with zero attached hydrogens (tertiary/aromatic N) is 1.